The van der Waals surface area contributed by atoms with E-state index in [9.17, 15) is 13.2 Å². The Morgan fingerprint density at radius 3 is 2.24 bits per heavy atom. The SMILES string of the molecule is Cc1ccc(N(C)C(=O)CN(C2CCCCC2)S(=O)(=O)c2ccccc2)cc1C. The van der Waals surface area contributed by atoms with Crippen LogP contribution in [0.5, 0.6) is 0 Å². The summed E-state index contributed by atoms with van der Waals surface area (Å²) in [7, 11) is -2.03. The normalized spacial score (nSPS) is 15.4. The van der Waals surface area contributed by atoms with Crippen molar-refractivity contribution in [1.82, 2.24) is 4.31 Å². The zero-order valence-corrected chi connectivity index (χ0v) is 18.3. The van der Waals surface area contributed by atoms with Crippen LogP contribution in [-0.4, -0.2) is 38.3 Å². The van der Waals surface area contributed by atoms with Gasteiger partial charge in [-0.25, -0.2) is 8.42 Å². The molecule has 0 aliphatic heterocycles. The predicted octanol–water partition coefficient (Wildman–Crippen LogP) is 4.29. The van der Waals surface area contributed by atoms with Crippen LogP contribution < -0.4 is 4.90 Å². The second-order valence-electron chi connectivity index (χ2n) is 7.88. The van der Waals surface area contributed by atoms with Crippen LogP contribution in [0.25, 0.3) is 0 Å². The Labute approximate surface area is 174 Å². The maximum Gasteiger partial charge on any atom is 0.243 e. The van der Waals surface area contributed by atoms with Crippen LogP contribution in [0.3, 0.4) is 0 Å². The first kappa shape index (κ1) is 21.5. The van der Waals surface area contributed by atoms with Crippen molar-refractivity contribution in [2.75, 3.05) is 18.5 Å². The van der Waals surface area contributed by atoms with Crippen molar-refractivity contribution < 1.29 is 13.2 Å². The Bertz CT molecular complexity index is 951. The summed E-state index contributed by atoms with van der Waals surface area (Å²) in [5.41, 5.74) is 3.03. The van der Waals surface area contributed by atoms with E-state index in [1.165, 1.54) is 4.31 Å². The summed E-state index contributed by atoms with van der Waals surface area (Å²) in [5, 5.41) is 0. The second kappa shape index (κ2) is 9.09. The molecular formula is C23H30N2O3S. The third-order valence-electron chi connectivity index (χ3n) is 5.87. The first-order chi connectivity index (χ1) is 13.8. The van der Waals surface area contributed by atoms with Crippen molar-refractivity contribution in [2.24, 2.45) is 0 Å². The molecule has 1 aliphatic carbocycles. The number of nitrogens with zero attached hydrogens (tertiary/aromatic N) is 2. The van der Waals surface area contributed by atoms with Crippen LogP contribution in [-0.2, 0) is 14.8 Å². The zero-order valence-electron chi connectivity index (χ0n) is 17.5. The van der Waals surface area contributed by atoms with Crippen molar-refractivity contribution >= 4 is 21.6 Å². The first-order valence-corrected chi connectivity index (χ1v) is 11.7. The average molecular weight is 415 g/mol. The molecule has 1 fully saturated rings. The van der Waals surface area contributed by atoms with E-state index in [-0.39, 0.29) is 23.4 Å². The fraction of sp³-hybridized carbons (Fsp3) is 0.435. The minimum Gasteiger partial charge on any atom is -0.314 e. The van der Waals surface area contributed by atoms with Gasteiger partial charge < -0.3 is 4.90 Å². The number of carbonyl (C=O) groups excluding carboxylic acids is 1. The van der Waals surface area contributed by atoms with E-state index in [1.54, 1.807) is 42.3 Å². The van der Waals surface area contributed by atoms with Gasteiger partial charge in [-0.15, -0.1) is 0 Å². The van der Waals surface area contributed by atoms with Gasteiger partial charge in [0, 0.05) is 18.8 Å². The van der Waals surface area contributed by atoms with Crippen LogP contribution in [0, 0.1) is 13.8 Å². The van der Waals surface area contributed by atoms with Gasteiger partial charge in [0.15, 0.2) is 0 Å². The van der Waals surface area contributed by atoms with Crippen LogP contribution in [0.1, 0.15) is 43.2 Å². The lowest BCUT2D eigenvalue weighted by Crippen LogP contribution is -2.47. The smallest absolute Gasteiger partial charge is 0.243 e. The molecule has 29 heavy (non-hydrogen) atoms. The maximum atomic E-state index is 13.4. The quantitative estimate of drug-likeness (QED) is 0.708. The van der Waals surface area contributed by atoms with E-state index in [0.29, 0.717) is 0 Å². The highest BCUT2D eigenvalue weighted by Crippen LogP contribution is 2.28. The van der Waals surface area contributed by atoms with Gasteiger partial charge in [0.25, 0.3) is 0 Å². The molecule has 0 spiro atoms. The maximum absolute atomic E-state index is 13.4. The van der Waals surface area contributed by atoms with E-state index < -0.39 is 10.0 Å². The Balaban J connectivity index is 1.88. The summed E-state index contributed by atoms with van der Waals surface area (Å²) in [6.45, 7) is 3.88. The Morgan fingerprint density at radius 1 is 0.966 bits per heavy atom. The third kappa shape index (κ3) is 4.87. The van der Waals surface area contributed by atoms with E-state index >= 15 is 0 Å². The summed E-state index contributed by atoms with van der Waals surface area (Å²) in [5.74, 6) is -0.224. The van der Waals surface area contributed by atoms with Gasteiger partial charge in [0.2, 0.25) is 15.9 Å². The fourth-order valence-electron chi connectivity index (χ4n) is 3.82. The number of hydrogen-bond acceptors (Lipinski definition) is 3. The molecule has 6 heteroatoms. The number of aryl methyl sites for hydroxylation is 2. The number of rotatable bonds is 6. The van der Waals surface area contributed by atoms with Gasteiger partial charge in [-0.1, -0.05) is 43.5 Å². The van der Waals surface area contributed by atoms with Crippen molar-refractivity contribution in [1.29, 1.82) is 0 Å². The molecule has 3 rings (SSSR count). The van der Waals surface area contributed by atoms with Crippen molar-refractivity contribution in [3.63, 3.8) is 0 Å². The van der Waals surface area contributed by atoms with Crippen molar-refractivity contribution in [2.45, 2.75) is 56.9 Å². The van der Waals surface area contributed by atoms with Crippen LogP contribution in [0.2, 0.25) is 0 Å². The molecular weight excluding hydrogens is 384 g/mol. The zero-order chi connectivity index (χ0) is 21.0. The van der Waals surface area contributed by atoms with Gasteiger partial charge in [0.1, 0.15) is 0 Å². The number of carbonyl (C=O) groups is 1. The summed E-state index contributed by atoms with van der Waals surface area (Å²) in [6.07, 6.45) is 4.70. The highest BCUT2D eigenvalue weighted by atomic mass is 32.2. The lowest BCUT2D eigenvalue weighted by molar-refractivity contribution is -0.119. The summed E-state index contributed by atoms with van der Waals surface area (Å²) in [4.78, 5) is 14.9. The molecule has 0 radical (unpaired) electrons. The largest absolute Gasteiger partial charge is 0.314 e. The number of sulfonamides is 1. The molecule has 0 N–H and O–H groups in total. The molecule has 1 saturated carbocycles. The fourth-order valence-corrected chi connectivity index (χ4v) is 5.48. The molecule has 0 bridgehead atoms. The van der Waals surface area contributed by atoms with E-state index in [0.717, 1.165) is 48.9 Å². The monoisotopic (exact) mass is 414 g/mol. The lowest BCUT2D eigenvalue weighted by Gasteiger charge is -2.34. The van der Waals surface area contributed by atoms with Gasteiger partial charge in [-0.3, -0.25) is 4.79 Å². The molecule has 5 nitrogen and oxygen atoms in total. The number of benzene rings is 2. The van der Waals surface area contributed by atoms with Crippen LogP contribution in [0.15, 0.2) is 53.4 Å². The topological polar surface area (TPSA) is 57.7 Å². The number of amides is 1. The molecule has 0 aromatic heterocycles. The Hall–Kier alpha value is -2.18. The van der Waals surface area contributed by atoms with Gasteiger partial charge in [-0.05, 0) is 62.1 Å². The minimum atomic E-state index is -3.74. The molecule has 2 aromatic rings. The lowest BCUT2D eigenvalue weighted by atomic mass is 9.95. The molecule has 1 amide bonds. The highest BCUT2D eigenvalue weighted by molar-refractivity contribution is 7.89. The number of likely N-dealkylation sites (N-methyl/N-ethyl adjacent to an activating group) is 1. The Kier molecular flexibility index (Phi) is 6.75. The molecule has 0 atom stereocenters. The predicted molar refractivity (Wildman–Crippen MR) is 117 cm³/mol. The standard InChI is InChI=1S/C23H30N2O3S/c1-18-14-15-21(16-19(18)2)24(3)23(26)17-25(20-10-6-4-7-11-20)29(27,28)22-12-8-5-9-13-22/h5,8-9,12-16,20H,4,6-7,10-11,17H2,1-3H3. The molecule has 1 aliphatic rings. The van der Waals surface area contributed by atoms with Crippen LogP contribution >= 0.6 is 0 Å². The van der Waals surface area contributed by atoms with Crippen molar-refractivity contribution in [3.8, 4) is 0 Å². The van der Waals surface area contributed by atoms with Gasteiger partial charge in [-0.2, -0.15) is 4.31 Å². The van der Waals surface area contributed by atoms with E-state index in [2.05, 4.69) is 0 Å². The van der Waals surface area contributed by atoms with Crippen LogP contribution in [0.4, 0.5) is 5.69 Å². The summed E-state index contributed by atoms with van der Waals surface area (Å²) < 4.78 is 28.2. The first-order valence-electron chi connectivity index (χ1n) is 10.2. The number of anilines is 1. The van der Waals surface area contributed by atoms with E-state index in [4.69, 9.17) is 0 Å². The molecule has 156 valence electrons. The molecule has 0 unspecified atom stereocenters. The average Bonchev–Trinajstić information content (AvgIpc) is 2.74. The van der Waals surface area contributed by atoms with E-state index in [1.807, 2.05) is 32.0 Å². The Morgan fingerprint density at radius 2 is 1.62 bits per heavy atom. The van der Waals surface area contributed by atoms with Crippen molar-refractivity contribution in [3.05, 3.63) is 59.7 Å². The molecule has 0 heterocycles. The summed E-state index contributed by atoms with van der Waals surface area (Å²) >= 11 is 0. The third-order valence-corrected chi connectivity index (χ3v) is 7.79. The minimum absolute atomic E-state index is 0.133. The van der Waals surface area contributed by atoms with Gasteiger partial charge in [0.05, 0.1) is 11.4 Å². The number of hydrogen-bond donors (Lipinski definition) is 0. The molecule has 0 saturated heterocycles. The second-order valence-corrected chi connectivity index (χ2v) is 9.77. The van der Waals surface area contributed by atoms with Gasteiger partial charge >= 0.3 is 0 Å². The molecule has 2 aromatic carbocycles. The highest BCUT2D eigenvalue weighted by Gasteiger charge is 2.34. The summed E-state index contributed by atoms with van der Waals surface area (Å²) in [6, 6.07) is 14.1.